The normalized spacial score (nSPS) is 9.74. The summed E-state index contributed by atoms with van der Waals surface area (Å²) in [7, 11) is 3.27. The Bertz CT molecular complexity index is 3090. The molecule has 74 heavy (non-hydrogen) atoms. The fourth-order valence-electron chi connectivity index (χ4n) is 6.97. The lowest BCUT2D eigenvalue weighted by Crippen LogP contribution is -1.89. The van der Waals surface area contributed by atoms with E-state index in [1.807, 2.05) is 202 Å². The average Bonchev–Trinajstić information content (AvgIpc) is 3.42. The van der Waals surface area contributed by atoms with Gasteiger partial charge in [0.05, 0.1) is 14.2 Å². The maximum atomic E-state index is 5.70. The zero-order valence-electron chi connectivity index (χ0n) is 42.9. The summed E-state index contributed by atoms with van der Waals surface area (Å²) < 4.78 is 15.6. The fraction of sp³-hybridized carbons (Fsp3) is 0.0769. The second kappa shape index (κ2) is 29.6. The molecular weight excluding hydrogens is 913 g/mol. The summed E-state index contributed by atoms with van der Waals surface area (Å²) >= 11 is 0. The standard InChI is InChI=1S/C13H13N.C12H11NO.2C12H11N.2C8H11NO/c1-10-2-4-11(5-3-10)12-6-8-13(14)9-7-12;13-10-6-8-12(9-7-10)14-11-4-2-1-3-5-11;13-12-8-4-7-11(9-12)10-5-2-1-3-6-10;13-12-8-6-11(7-9-12)10-4-2-1-3-5-10;1-6-3-7(9)5-8(4-6)10-2;1-6-3-4-7(9)5-8(6)10-2/h2-9H,14H2,1H3;1-9H,13H2;2*1-9H,13H2;2*3-5H,9H2,1-2H3. The van der Waals surface area contributed by atoms with Crippen molar-refractivity contribution in [2.45, 2.75) is 20.8 Å². The van der Waals surface area contributed by atoms with Crippen LogP contribution < -0.4 is 48.6 Å². The number of nitrogens with two attached hydrogens (primary N) is 6. The number of aryl methyl sites for hydroxylation is 3. The molecule has 0 saturated heterocycles. The first-order chi connectivity index (χ1) is 35.8. The molecule has 0 aliphatic carbocycles. The van der Waals surface area contributed by atoms with E-state index in [1.165, 1.54) is 38.9 Å². The number of anilines is 6. The van der Waals surface area contributed by atoms with Gasteiger partial charge in [0.15, 0.2) is 0 Å². The van der Waals surface area contributed by atoms with Gasteiger partial charge in [-0.3, -0.25) is 0 Å². The minimum absolute atomic E-state index is 0.738. The summed E-state index contributed by atoms with van der Waals surface area (Å²) in [4.78, 5) is 0. The van der Waals surface area contributed by atoms with Crippen LogP contribution in [0.15, 0.2) is 249 Å². The first kappa shape index (κ1) is 55.3. The lowest BCUT2D eigenvalue weighted by molar-refractivity contribution is 0.412. The van der Waals surface area contributed by atoms with Crippen molar-refractivity contribution in [3.05, 3.63) is 265 Å². The van der Waals surface area contributed by atoms with E-state index in [-0.39, 0.29) is 0 Å². The van der Waals surface area contributed by atoms with Crippen molar-refractivity contribution in [3.8, 4) is 56.4 Å². The van der Waals surface area contributed by atoms with Crippen molar-refractivity contribution >= 4 is 34.1 Å². The maximum Gasteiger partial charge on any atom is 0.127 e. The number of methoxy groups -OCH3 is 2. The van der Waals surface area contributed by atoms with Crippen molar-refractivity contribution in [2.24, 2.45) is 0 Å². The van der Waals surface area contributed by atoms with Gasteiger partial charge in [0.25, 0.3) is 0 Å². The predicted molar refractivity (Wildman–Crippen MR) is 315 cm³/mol. The molecule has 0 aromatic heterocycles. The van der Waals surface area contributed by atoms with Gasteiger partial charge in [-0.2, -0.15) is 0 Å². The van der Waals surface area contributed by atoms with Gasteiger partial charge in [0.1, 0.15) is 23.0 Å². The molecule has 12 N–H and O–H groups in total. The molecule has 0 unspecified atom stereocenters. The van der Waals surface area contributed by atoms with Gasteiger partial charge in [0, 0.05) is 46.3 Å². The van der Waals surface area contributed by atoms with Crippen molar-refractivity contribution < 1.29 is 14.2 Å². The number of hydrogen-bond donors (Lipinski definition) is 6. The predicted octanol–water partition coefficient (Wildman–Crippen LogP) is 15.3. The summed E-state index contributed by atoms with van der Waals surface area (Å²) in [6.45, 7) is 6.06. The van der Waals surface area contributed by atoms with Gasteiger partial charge in [-0.05, 0) is 156 Å². The highest BCUT2D eigenvalue weighted by Gasteiger charge is 2.00. The maximum absolute atomic E-state index is 5.70. The highest BCUT2D eigenvalue weighted by atomic mass is 16.5. The van der Waals surface area contributed by atoms with Crippen LogP contribution in [0.5, 0.6) is 23.0 Å². The van der Waals surface area contributed by atoms with E-state index in [4.69, 9.17) is 48.6 Å². The molecule has 0 heterocycles. The quantitative estimate of drug-likeness (QED) is 0.0846. The smallest absolute Gasteiger partial charge is 0.127 e. The number of para-hydroxylation sites is 1. The average molecular weight is 981 g/mol. The molecule has 9 nitrogen and oxygen atoms in total. The van der Waals surface area contributed by atoms with Crippen LogP contribution in [0.4, 0.5) is 34.1 Å². The highest BCUT2D eigenvalue weighted by Crippen LogP contribution is 2.25. The Morgan fingerprint density at radius 3 is 1.12 bits per heavy atom. The van der Waals surface area contributed by atoms with Crippen molar-refractivity contribution in [1.29, 1.82) is 0 Å². The van der Waals surface area contributed by atoms with Crippen LogP contribution in [0.3, 0.4) is 0 Å². The Kier molecular flexibility index (Phi) is 22.1. The Hall–Kier alpha value is -9.60. The van der Waals surface area contributed by atoms with Crippen LogP contribution in [-0.2, 0) is 0 Å². The van der Waals surface area contributed by atoms with E-state index < -0.39 is 0 Å². The molecule has 0 atom stereocenters. The molecule has 0 saturated carbocycles. The number of nitrogen functional groups attached to an aromatic ring is 6. The van der Waals surface area contributed by atoms with Crippen LogP contribution in [0.25, 0.3) is 33.4 Å². The van der Waals surface area contributed by atoms with Gasteiger partial charge in [-0.1, -0.05) is 151 Å². The minimum atomic E-state index is 0.738. The van der Waals surface area contributed by atoms with E-state index in [1.54, 1.807) is 20.3 Å². The molecule has 10 aromatic rings. The molecule has 0 spiro atoms. The van der Waals surface area contributed by atoms with E-state index in [2.05, 4.69) is 61.5 Å². The van der Waals surface area contributed by atoms with Crippen LogP contribution in [0.2, 0.25) is 0 Å². The lowest BCUT2D eigenvalue weighted by Gasteiger charge is -2.04. The number of ether oxygens (including phenoxy) is 3. The summed E-state index contributed by atoms with van der Waals surface area (Å²) in [5.74, 6) is 3.29. The molecule has 10 aromatic carbocycles. The molecule has 10 rings (SSSR count). The van der Waals surface area contributed by atoms with Crippen LogP contribution in [0.1, 0.15) is 16.7 Å². The first-order valence-electron chi connectivity index (χ1n) is 23.9. The van der Waals surface area contributed by atoms with E-state index in [9.17, 15) is 0 Å². The largest absolute Gasteiger partial charge is 0.497 e. The number of benzene rings is 10. The van der Waals surface area contributed by atoms with Crippen LogP contribution >= 0.6 is 0 Å². The van der Waals surface area contributed by atoms with Crippen molar-refractivity contribution in [2.75, 3.05) is 48.6 Å². The summed E-state index contributed by atoms with van der Waals surface area (Å²) in [6.07, 6.45) is 0. The summed E-state index contributed by atoms with van der Waals surface area (Å²) in [6, 6.07) is 81.0. The molecule has 0 amide bonds. The Morgan fingerprint density at radius 1 is 0.257 bits per heavy atom. The Morgan fingerprint density at radius 2 is 0.662 bits per heavy atom. The molecule has 0 radical (unpaired) electrons. The van der Waals surface area contributed by atoms with E-state index in [0.717, 1.165) is 68.2 Å². The van der Waals surface area contributed by atoms with Gasteiger partial charge in [-0.25, -0.2) is 0 Å². The topological polar surface area (TPSA) is 184 Å². The zero-order chi connectivity index (χ0) is 53.1. The molecule has 0 fully saturated rings. The third-order valence-electron chi connectivity index (χ3n) is 10.9. The Labute approximate surface area is 437 Å². The summed E-state index contributed by atoms with van der Waals surface area (Å²) in [5, 5.41) is 0. The molecule has 0 aliphatic rings. The lowest BCUT2D eigenvalue weighted by atomic mass is 10.0. The third kappa shape index (κ3) is 19.7. The van der Waals surface area contributed by atoms with Gasteiger partial charge >= 0.3 is 0 Å². The second-order valence-corrected chi connectivity index (χ2v) is 17.0. The van der Waals surface area contributed by atoms with Crippen molar-refractivity contribution in [3.63, 3.8) is 0 Å². The fourth-order valence-corrected chi connectivity index (χ4v) is 6.97. The molecule has 376 valence electrons. The third-order valence-corrected chi connectivity index (χ3v) is 10.9. The Balaban J connectivity index is 0.000000165. The van der Waals surface area contributed by atoms with Crippen molar-refractivity contribution in [1.82, 2.24) is 0 Å². The molecule has 9 heteroatoms. The van der Waals surface area contributed by atoms with E-state index >= 15 is 0 Å². The summed E-state index contributed by atoms with van der Waals surface area (Å²) in [5.41, 5.74) is 49.0. The van der Waals surface area contributed by atoms with Gasteiger partial charge < -0.3 is 48.6 Å². The monoisotopic (exact) mass is 981 g/mol. The minimum Gasteiger partial charge on any atom is -0.497 e. The SMILES string of the molecule is COc1cc(C)cc(N)c1.COc1cc(N)ccc1C.Cc1ccc(-c2ccc(N)cc2)cc1.Nc1ccc(-c2ccccc2)cc1.Nc1ccc(Oc2ccccc2)cc1.Nc1cccc(-c2ccccc2)c1. The zero-order valence-corrected chi connectivity index (χ0v) is 42.9. The number of rotatable bonds is 7. The second-order valence-electron chi connectivity index (χ2n) is 17.0. The van der Waals surface area contributed by atoms with E-state index in [0.29, 0.717) is 0 Å². The molecule has 0 bridgehead atoms. The highest BCUT2D eigenvalue weighted by molar-refractivity contribution is 5.68. The van der Waals surface area contributed by atoms with Gasteiger partial charge in [0.2, 0.25) is 0 Å². The molecule has 0 aliphatic heterocycles. The van der Waals surface area contributed by atoms with Gasteiger partial charge in [-0.15, -0.1) is 0 Å². The molecular formula is C65H68N6O3. The van der Waals surface area contributed by atoms with Crippen LogP contribution in [0, 0.1) is 20.8 Å². The number of hydrogen-bond acceptors (Lipinski definition) is 9. The van der Waals surface area contributed by atoms with Crippen LogP contribution in [-0.4, -0.2) is 14.2 Å². The first-order valence-corrected chi connectivity index (χ1v) is 23.9.